The van der Waals surface area contributed by atoms with Crippen LogP contribution in [-0.4, -0.2) is 50.4 Å². The highest BCUT2D eigenvalue weighted by Crippen LogP contribution is 2.25. The molecule has 0 amide bonds. The summed E-state index contributed by atoms with van der Waals surface area (Å²) in [5.41, 5.74) is -0.117. The fraction of sp³-hybridized carbons (Fsp3) is 0.300. The van der Waals surface area contributed by atoms with Gasteiger partial charge in [0.25, 0.3) is 0 Å². The number of aromatic nitrogens is 3. The van der Waals surface area contributed by atoms with Gasteiger partial charge in [-0.2, -0.15) is 0 Å². The van der Waals surface area contributed by atoms with E-state index >= 15 is 0 Å². The van der Waals surface area contributed by atoms with Crippen molar-refractivity contribution in [2.75, 3.05) is 13.2 Å². The molecule has 11 heteroatoms. The zero-order valence-corrected chi connectivity index (χ0v) is 16.4. The summed E-state index contributed by atoms with van der Waals surface area (Å²) >= 11 is 0. The van der Waals surface area contributed by atoms with Gasteiger partial charge in [-0.1, -0.05) is 5.21 Å². The molecule has 2 aromatic carbocycles. The van der Waals surface area contributed by atoms with E-state index in [4.69, 9.17) is 14.6 Å². The summed E-state index contributed by atoms with van der Waals surface area (Å²) in [5, 5.41) is 26.8. The van der Waals surface area contributed by atoms with E-state index in [1.165, 1.54) is 23.7 Å². The van der Waals surface area contributed by atoms with Gasteiger partial charge in [0.2, 0.25) is 0 Å². The molecule has 0 saturated heterocycles. The van der Waals surface area contributed by atoms with Crippen LogP contribution in [0.3, 0.4) is 0 Å². The zero-order chi connectivity index (χ0) is 22.5. The molecule has 0 bridgehead atoms. The summed E-state index contributed by atoms with van der Waals surface area (Å²) in [6.07, 6.45) is -3.10. The van der Waals surface area contributed by atoms with Crippen molar-refractivity contribution in [1.82, 2.24) is 15.0 Å². The van der Waals surface area contributed by atoms with Gasteiger partial charge >= 0.3 is 6.36 Å². The van der Waals surface area contributed by atoms with E-state index in [0.29, 0.717) is 22.9 Å². The lowest BCUT2D eigenvalue weighted by molar-refractivity contribution is -0.274. The van der Waals surface area contributed by atoms with Crippen molar-refractivity contribution in [1.29, 1.82) is 0 Å². The topological polar surface area (TPSA) is 98.9 Å². The van der Waals surface area contributed by atoms with Gasteiger partial charge in [0, 0.05) is 0 Å². The van der Waals surface area contributed by atoms with E-state index in [-0.39, 0.29) is 19.0 Å². The average molecular weight is 439 g/mol. The molecule has 0 radical (unpaired) electrons. The predicted octanol–water partition coefficient (Wildman–Crippen LogP) is 2.87. The summed E-state index contributed by atoms with van der Waals surface area (Å²) in [4.78, 5) is 0. The maximum absolute atomic E-state index is 12.2. The van der Waals surface area contributed by atoms with Crippen molar-refractivity contribution in [2.45, 2.75) is 25.5 Å². The summed E-state index contributed by atoms with van der Waals surface area (Å²) in [5.74, 6) is 0.529. The lowest BCUT2D eigenvalue weighted by Crippen LogP contribution is -2.36. The van der Waals surface area contributed by atoms with Crippen molar-refractivity contribution < 1.29 is 37.6 Å². The molecule has 3 rings (SSSR count). The van der Waals surface area contributed by atoms with Crippen LogP contribution in [0.5, 0.6) is 17.2 Å². The van der Waals surface area contributed by atoms with Crippen molar-refractivity contribution in [3.05, 3.63) is 60.4 Å². The standard InChI is InChI=1S/C20H20F3N3O5/c1-19(28,12-27)13-30-17-4-2-15(3-5-17)26-10-14(24-25-26)11-29-16-6-8-18(9-7-16)31-20(21,22)23/h2-10,27-28H,11-13H2,1H3/t19-/m0/s1. The van der Waals surface area contributed by atoms with Gasteiger partial charge < -0.3 is 24.4 Å². The number of nitrogens with zero attached hydrogens (tertiary/aromatic N) is 3. The monoisotopic (exact) mass is 439 g/mol. The van der Waals surface area contributed by atoms with Crippen molar-refractivity contribution in [3.63, 3.8) is 0 Å². The van der Waals surface area contributed by atoms with Gasteiger partial charge in [-0.25, -0.2) is 4.68 Å². The minimum Gasteiger partial charge on any atom is -0.491 e. The largest absolute Gasteiger partial charge is 0.573 e. The van der Waals surface area contributed by atoms with Gasteiger partial charge in [-0.3, -0.25) is 0 Å². The molecule has 166 valence electrons. The van der Waals surface area contributed by atoms with Gasteiger partial charge in [-0.15, -0.1) is 18.3 Å². The van der Waals surface area contributed by atoms with Crippen LogP contribution in [0.4, 0.5) is 13.2 Å². The Bertz CT molecular complexity index is 973. The molecule has 0 saturated carbocycles. The Morgan fingerprint density at radius 2 is 1.52 bits per heavy atom. The van der Waals surface area contributed by atoms with E-state index in [2.05, 4.69) is 15.0 Å². The predicted molar refractivity (Wildman–Crippen MR) is 102 cm³/mol. The maximum Gasteiger partial charge on any atom is 0.573 e. The number of rotatable bonds is 9. The number of alkyl halides is 3. The molecule has 8 nitrogen and oxygen atoms in total. The highest BCUT2D eigenvalue weighted by Gasteiger charge is 2.31. The van der Waals surface area contributed by atoms with Crippen molar-refractivity contribution in [3.8, 4) is 22.9 Å². The summed E-state index contributed by atoms with van der Waals surface area (Å²) in [7, 11) is 0. The van der Waals surface area contributed by atoms with Crippen LogP contribution in [0.2, 0.25) is 0 Å². The third-order valence-electron chi connectivity index (χ3n) is 3.98. The molecule has 0 aliphatic heterocycles. The molecule has 1 heterocycles. The quantitative estimate of drug-likeness (QED) is 0.529. The molecule has 1 aromatic heterocycles. The third kappa shape index (κ3) is 6.86. The number of hydrogen-bond acceptors (Lipinski definition) is 7. The van der Waals surface area contributed by atoms with Crippen LogP contribution in [0.1, 0.15) is 12.6 Å². The fourth-order valence-corrected chi connectivity index (χ4v) is 2.37. The van der Waals surface area contributed by atoms with Gasteiger partial charge in [0.1, 0.15) is 41.8 Å². The first-order valence-electron chi connectivity index (χ1n) is 9.10. The number of benzene rings is 2. The first-order chi connectivity index (χ1) is 14.6. The van der Waals surface area contributed by atoms with Crippen LogP contribution in [-0.2, 0) is 6.61 Å². The van der Waals surface area contributed by atoms with Crippen LogP contribution in [0, 0.1) is 0 Å². The Balaban J connectivity index is 1.54. The molecule has 1 atom stereocenters. The Labute approximate surface area is 175 Å². The van der Waals surface area contributed by atoms with E-state index in [1.54, 1.807) is 30.5 Å². The molecule has 2 N–H and O–H groups in total. The summed E-state index contributed by atoms with van der Waals surface area (Å²) in [6.45, 7) is 1.05. The second-order valence-electron chi connectivity index (χ2n) is 6.90. The highest BCUT2D eigenvalue weighted by molar-refractivity contribution is 5.37. The van der Waals surface area contributed by atoms with Gasteiger partial charge in [-0.05, 0) is 55.5 Å². The fourth-order valence-electron chi connectivity index (χ4n) is 2.37. The number of halogens is 3. The molecule has 0 fully saturated rings. The molecule has 3 aromatic rings. The summed E-state index contributed by atoms with van der Waals surface area (Å²) < 4.78 is 52.8. The molecular formula is C20H20F3N3O5. The average Bonchev–Trinajstić information content (AvgIpc) is 3.20. The molecule has 0 aliphatic rings. The molecular weight excluding hydrogens is 419 g/mol. The number of aliphatic hydroxyl groups is 2. The first-order valence-corrected chi connectivity index (χ1v) is 9.10. The normalized spacial score (nSPS) is 13.5. The number of hydrogen-bond donors (Lipinski definition) is 2. The van der Waals surface area contributed by atoms with Crippen LogP contribution >= 0.6 is 0 Å². The Morgan fingerprint density at radius 3 is 2.13 bits per heavy atom. The minimum absolute atomic E-state index is 0.0586. The number of aliphatic hydroxyl groups excluding tert-OH is 1. The smallest absolute Gasteiger partial charge is 0.491 e. The lowest BCUT2D eigenvalue weighted by Gasteiger charge is -2.20. The van der Waals surface area contributed by atoms with Crippen molar-refractivity contribution in [2.24, 2.45) is 0 Å². The Hall–Kier alpha value is -3.31. The Kier molecular flexibility index (Phi) is 6.66. The maximum atomic E-state index is 12.2. The van der Waals surface area contributed by atoms with Gasteiger partial charge in [0.05, 0.1) is 18.5 Å². The second-order valence-corrected chi connectivity index (χ2v) is 6.90. The molecule has 0 unspecified atom stereocenters. The molecule has 31 heavy (non-hydrogen) atoms. The minimum atomic E-state index is -4.75. The van der Waals surface area contributed by atoms with Crippen LogP contribution in [0.15, 0.2) is 54.7 Å². The van der Waals surface area contributed by atoms with Crippen molar-refractivity contribution >= 4 is 0 Å². The number of ether oxygens (including phenoxy) is 3. The lowest BCUT2D eigenvalue weighted by atomic mass is 10.1. The van der Waals surface area contributed by atoms with Gasteiger partial charge in [0.15, 0.2) is 0 Å². The van der Waals surface area contributed by atoms with Crippen LogP contribution in [0.25, 0.3) is 5.69 Å². The second kappa shape index (κ2) is 9.23. The molecule has 0 aliphatic carbocycles. The highest BCUT2D eigenvalue weighted by atomic mass is 19.4. The van der Waals surface area contributed by atoms with E-state index in [0.717, 1.165) is 12.1 Å². The van der Waals surface area contributed by atoms with E-state index < -0.39 is 18.6 Å². The van der Waals surface area contributed by atoms with E-state index in [1.807, 2.05) is 0 Å². The molecule has 0 spiro atoms. The Morgan fingerprint density at radius 1 is 0.935 bits per heavy atom. The summed E-state index contributed by atoms with van der Waals surface area (Å²) in [6, 6.07) is 11.9. The first kappa shape index (κ1) is 22.4. The zero-order valence-electron chi connectivity index (χ0n) is 16.4. The SMILES string of the molecule is C[C@](O)(CO)COc1ccc(-n2cc(COc3ccc(OC(F)(F)F)cc3)nn2)cc1. The van der Waals surface area contributed by atoms with Crippen LogP contribution < -0.4 is 14.2 Å². The third-order valence-corrected chi connectivity index (χ3v) is 3.98. The van der Waals surface area contributed by atoms with E-state index in [9.17, 15) is 18.3 Å².